The quantitative estimate of drug-likeness (QED) is 0.479. The zero-order valence-electron chi connectivity index (χ0n) is 17.6. The molecule has 0 unspecified atom stereocenters. The van der Waals surface area contributed by atoms with Crippen LogP contribution in [0.4, 0.5) is 0 Å². The molecule has 0 saturated carbocycles. The van der Waals surface area contributed by atoms with Crippen molar-refractivity contribution in [3.05, 3.63) is 56.8 Å². The first-order valence-corrected chi connectivity index (χ1v) is 10.4. The molecule has 3 rings (SSSR count). The van der Waals surface area contributed by atoms with Crippen LogP contribution in [0.2, 0.25) is 0 Å². The van der Waals surface area contributed by atoms with Crippen molar-refractivity contribution < 1.29 is 4.79 Å². The minimum atomic E-state index is -0.482. The third-order valence-corrected chi connectivity index (χ3v) is 5.45. The summed E-state index contributed by atoms with van der Waals surface area (Å²) in [5, 5.41) is 3.42. The van der Waals surface area contributed by atoms with Gasteiger partial charge in [0.05, 0.1) is 18.0 Å². The molecule has 158 valence electrons. The summed E-state index contributed by atoms with van der Waals surface area (Å²) in [4.78, 5) is 50.7. The number of aromatic nitrogens is 5. The lowest BCUT2D eigenvalue weighted by Gasteiger charge is -2.19. The van der Waals surface area contributed by atoms with Crippen LogP contribution in [0.15, 0.2) is 39.0 Å². The van der Waals surface area contributed by atoms with Gasteiger partial charge in [0.25, 0.3) is 5.56 Å². The number of hydrogen-bond donors (Lipinski definition) is 1. The smallest absolute Gasteiger partial charge is 0.332 e. The Morgan fingerprint density at radius 3 is 2.50 bits per heavy atom. The van der Waals surface area contributed by atoms with Gasteiger partial charge in [-0.1, -0.05) is 38.6 Å². The molecule has 3 heterocycles. The summed E-state index contributed by atoms with van der Waals surface area (Å²) < 4.78 is 2.35. The number of thioether (sulfide) groups is 1. The maximum Gasteiger partial charge on any atom is 0.332 e. The maximum absolute atomic E-state index is 12.8. The molecule has 0 aliphatic heterocycles. The van der Waals surface area contributed by atoms with Crippen LogP contribution in [0.25, 0.3) is 11.0 Å². The highest BCUT2D eigenvalue weighted by atomic mass is 32.2. The van der Waals surface area contributed by atoms with Crippen molar-refractivity contribution in [2.24, 2.45) is 14.1 Å². The fraction of sp³-hybridized carbons (Fsp3) is 0.400. The third-order valence-electron chi connectivity index (χ3n) is 4.47. The summed E-state index contributed by atoms with van der Waals surface area (Å²) in [6, 6.07) is 5.48. The summed E-state index contributed by atoms with van der Waals surface area (Å²) in [6.07, 6.45) is 1.66. The van der Waals surface area contributed by atoms with E-state index in [9.17, 15) is 14.4 Å². The first kappa shape index (κ1) is 21.7. The van der Waals surface area contributed by atoms with Gasteiger partial charge in [-0.2, -0.15) is 0 Å². The van der Waals surface area contributed by atoms with Crippen molar-refractivity contribution in [2.45, 2.75) is 37.8 Å². The Labute approximate surface area is 177 Å². The van der Waals surface area contributed by atoms with E-state index in [-0.39, 0.29) is 22.7 Å². The number of fused-ring (bicyclic) bond motifs is 1. The van der Waals surface area contributed by atoms with E-state index in [1.807, 2.05) is 39.0 Å². The average molecular weight is 429 g/mol. The van der Waals surface area contributed by atoms with E-state index in [0.29, 0.717) is 17.4 Å². The highest BCUT2D eigenvalue weighted by Crippen LogP contribution is 2.26. The van der Waals surface area contributed by atoms with Gasteiger partial charge in [-0.15, -0.1) is 0 Å². The van der Waals surface area contributed by atoms with Crippen molar-refractivity contribution in [1.29, 1.82) is 0 Å². The van der Waals surface area contributed by atoms with Crippen LogP contribution in [0.3, 0.4) is 0 Å². The number of aryl methyl sites for hydroxylation is 1. The zero-order chi connectivity index (χ0) is 22.1. The van der Waals surface area contributed by atoms with Crippen molar-refractivity contribution in [3.8, 4) is 0 Å². The van der Waals surface area contributed by atoms with Crippen molar-refractivity contribution in [2.75, 3.05) is 5.75 Å². The van der Waals surface area contributed by atoms with Gasteiger partial charge < -0.3 is 5.32 Å². The second kappa shape index (κ2) is 8.39. The number of pyridine rings is 1. The molecule has 0 spiro atoms. The fourth-order valence-corrected chi connectivity index (χ4v) is 3.59. The second-order valence-corrected chi connectivity index (χ2v) is 8.86. The normalized spacial score (nSPS) is 11.6. The van der Waals surface area contributed by atoms with Crippen molar-refractivity contribution in [3.63, 3.8) is 0 Å². The van der Waals surface area contributed by atoms with Crippen molar-refractivity contribution in [1.82, 2.24) is 29.4 Å². The van der Waals surface area contributed by atoms with Gasteiger partial charge in [0.1, 0.15) is 16.2 Å². The van der Waals surface area contributed by atoms with E-state index in [0.717, 1.165) is 22.0 Å². The summed E-state index contributed by atoms with van der Waals surface area (Å²) >= 11 is 1.15. The van der Waals surface area contributed by atoms with Crippen LogP contribution >= 0.6 is 11.8 Å². The second-order valence-electron chi connectivity index (χ2n) is 7.89. The van der Waals surface area contributed by atoms with Crippen LogP contribution in [0.1, 0.15) is 32.3 Å². The summed E-state index contributed by atoms with van der Waals surface area (Å²) in [7, 11) is 2.98. The SMILES string of the molecule is Cn1c(=O)c2c(SCC(=O)NCc3ccccn3)nc(C(C)(C)C)nc2n(C)c1=O. The molecule has 10 heteroatoms. The number of hydrogen-bond acceptors (Lipinski definition) is 7. The van der Waals surface area contributed by atoms with E-state index >= 15 is 0 Å². The number of carbonyl (C=O) groups excluding carboxylic acids is 1. The largest absolute Gasteiger partial charge is 0.350 e. The lowest BCUT2D eigenvalue weighted by Crippen LogP contribution is -2.38. The lowest BCUT2D eigenvalue weighted by molar-refractivity contribution is -0.118. The third kappa shape index (κ3) is 4.43. The van der Waals surface area contributed by atoms with E-state index < -0.39 is 16.7 Å². The minimum absolute atomic E-state index is 0.0640. The van der Waals surface area contributed by atoms with Gasteiger partial charge >= 0.3 is 5.69 Å². The molecule has 1 amide bonds. The van der Waals surface area contributed by atoms with Gasteiger partial charge in [-0.3, -0.25) is 23.7 Å². The van der Waals surface area contributed by atoms with Gasteiger partial charge in [0.2, 0.25) is 5.91 Å². The Balaban J connectivity index is 1.94. The van der Waals surface area contributed by atoms with Crippen LogP contribution < -0.4 is 16.6 Å². The van der Waals surface area contributed by atoms with Crippen LogP contribution in [-0.4, -0.2) is 35.7 Å². The van der Waals surface area contributed by atoms with Crippen LogP contribution in [0.5, 0.6) is 0 Å². The molecule has 0 radical (unpaired) electrons. The predicted molar refractivity (Wildman–Crippen MR) is 116 cm³/mol. The Bertz CT molecular complexity index is 1210. The van der Waals surface area contributed by atoms with E-state index in [4.69, 9.17) is 0 Å². The highest BCUT2D eigenvalue weighted by molar-refractivity contribution is 8.00. The van der Waals surface area contributed by atoms with E-state index in [2.05, 4.69) is 20.3 Å². The molecule has 30 heavy (non-hydrogen) atoms. The first-order valence-electron chi connectivity index (χ1n) is 9.37. The first-order chi connectivity index (χ1) is 14.1. The lowest BCUT2D eigenvalue weighted by atomic mass is 9.96. The van der Waals surface area contributed by atoms with E-state index in [1.54, 1.807) is 13.2 Å². The van der Waals surface area contributed by atoms with Crippen LogP contribution in [-0.2, 0) is 30.8 Å². The number of carbonyl (C=O) groups is 1. The number of amides is 1. The predicted octanol–water partition coefficient (Wildman–Crippen LogP) is 1.13. The Morgan fingerprint density at radius 1 is 1.13 bits per heavy atom. The van der Waals surface area contributed by atoms with Gasteiger partial charge in [0.15, 0.2) is 5.65 Å². The molecule has 0 saturated heterocycles. The molecule has 1 N–H and O–H groups in total. The molecule has 0 fully saturated rings. The topological polar surface area (TPSA) is 112 Å². The molecule has 3 aromatic rings. The molecule has 9 nitrogen and oxygen atoms in total. The summed E-state index contributed by atoms with van der Waals surface area (Å²) in [5.74, 6) is 0.347. The van der Waals surface area contributed by atoms with E-state index in [1.165, 1.54) is 11.6 Å². The molecule has 0 bridgehead atoms. The van der Waals surface area contributed by atoms with Gasteiger partial charge in [-0.05, 0) is 12.1 Å². The van der Waals surface area contributed by atoms with Gasteiger partial charge in [0, 0.05) is 25.7 Å². The molecule has 0 atom stereocenters. The maximum atomic E-state index is 12.8. The monoisotopic (exact) mass is 428 g/mol. The number of nitrogens with one attached hydrogen (secondary N) is 1. The molecule has 0 aliphatic carbocycles. The Kier molecular flexibility index (Phi) is 6.06. The zero-order valence-corrected chi connectivity index (χ0v) is 18.4. The van der Waals surface area contributed by atoms with Gasteiger partial charge in [-0.25, -0.2) is 14.8 Å². The fourth-order valence-electron chi connectivity index (χ4n) is 2.75. The highest BCUT2D eigenvalue weighted by Gasteiger charge is 2.24. The molecular formula is C20H24N6O3S. The standard InChI is InChI=1S/C20H24N6O3S/c1-20(2,3)18-23-15-14(17(28)26(5)19(29)25(15)4)16(24-18)30-11-13(27)22-10-12-8-6-7-9-21-12/h6-9H,10-11H2,1-5H3,(H,22,27). The number of rotatable bonds is 5. The molecule has 0 aromatic carbocycles. The summed E-state index contributed by atoms with van der Waals surface area (Å²) in [6.45, 7) is 6.15. The van der Waals surface area contributed by atoms with Crippen molar-refractivity contribution >= 4 is 28.7 Å². The Hall–Kier alpha value is -3.01. The Morgan fingerprint density at radius 2 is 1.87 bits per heavy atom. The number of nitrogens with zero attached hydrogens (tertiary/aromatic N) is 5. The molecular weight excluding hydrogens is 404 g/mol. The minimum Gasteiger partial charge on any atom is -0.350 e. The molecule has 0 aliphatic rings. The van der Waals surface area contributed by atoms with Crippen LogP contribution in [0, 0.1) is 0 Å². The molecule has 3 aromatic heterocycles. The summed E-state index contributed by atoms with van der Waals surface area (Å²) in [5.41, 5.74) is -0.330. The average Bonchev–Trinajstić information content (AvgIpc) is 2.72.